The third kappa shape index (κ3) is 4.76. The number of carbonyl (C=O) groups is 1. The highest BCUT2D eigenvalue weighted by molar-refractivity contribution is 5.85. The van der Waals surface area contributed by atoms with Gasteiger partial charge in [0.05, 0.1) is 12.7 Å². The van der Waals surface area contributed by atoms with E-state index in [1.54, 1.807) is 11.0 Å². The van der Waals surface area contributed by atoms with Gasteiger partial charge in [-0.2, -0.15) is 0 Å². The number of rotatable bonds is 4. The number of halogens is 3. The zero-order chi connectivity index (χ0) is 21.1. The normalized spacial score (nSPS) is 18.5. The molecule has 0 saturated carbocycles. The van der Waals surface area contributed by atoms with Crippen LogP contribution in [0.5, 0.6) is 11.5 Å². The SMILES string of the molecule is COc1ccc(-c2ccc(F)c(COC(=O)N3C(C)CNCC3C)c2F)cc1O.Cl. The lowest BCUT2D eigenvalue weighted by Gasteiger charge is -2.38. The largest absolute Gasteiger partial charge is 0.504 e. The zero-order valence-electron chi connectivity index (χ0n) is 16.9. The molecule has 3 rings (SSSR count). The van der Waals surface area contributed by atoms with Gasteiger partial charge < -0.3 is 24.8 Å². The Morgan fingerprint density at radius 2 is 1.87 bits per heavy atom. The number of nitrogens with one attached hydrogen (secondary N) is 1. The minimum atomic E-state index is -0.844. The molecule has 1 heterocycles. The molecule has 1 aliphatic rings. The number of phenolic OH excluding ortho intramolecular Hbond substituents is 1. The van der Waals surface area contributed by atoms with Gasteiger partial charge in [0.2, 0.25) is 0 Å². The van der Waals surface area contributed by atoms with Gasteiger partial charge in [-0.05, 0) is 43.7 Å². The summed E-state index contributed by atoms with van der Waals surface area (Å²) in [5.74, 6) is -1.57. The topological polar surface area (TPSA) is 71.0 Å². The van der Waals surface area contributed by atoms with Gasteiger partial charge in [-0.15, -0.1) is 12.4 Å². The number of benzene rings is 2. The molecule has 0 aromatic heterocycles. The van der Waals surface area contributed by atoms with Crippen LogP contribution in [0.25, 0.3) is 11.1 Å². The zero-order valence-corrected chi connectivity index (χ0v) is 17.8. The molecule has 1 fully saturated rings. The lowest BCUT2D eigenvalue weighted by atomic mass is 10.0. The van der Waals surface area contributed by atoms with Gasteiger partial charge in [0.25, 0.3) is 0 Å². The Morgan fingerprint density at radius 1 is 1.20 bits per heavy atom. The van der Waals surface area contributed by atoms with Crippen molar-refractivity contribution in [2.75, 3.05) is 20.2 Å². The van der Waals surface area contributed by atoms with Gasteiger partial charge in [-0.1, -0.05) is 6.07 Å². The molecular weight excluding hydrogens is 418 g/mol. The lowest BCUT2D eigenvalue weighted by Crippen LogP contribution is -2.57. The second-order valence-electron chi connectivity index (χ2n) is 7.09. The van der Waals surface area contributed by atoms with Crippen molar-refractivity contribution in [2.45, 2.75) is 32.5 Å². The van der Waals surface area contributed by atoms with Crippen molar-refractivity contribution >= 4 is 18.5 Å². The molecular formula is C21H25ClF2N2O4. The van der Waals surface area contributed by atoms with Gasteiger partial charge in [0.15, 0.2) is 11.5 Å². The van der Waals surface area contributed by atoms with Crippen molar-refractivity contribution in [2.24, 2.45) is 0 Å². The van der Waals surface area contributed by atoms with Crippen LogP contribution in [0.1, 0.15) is 19.4 Å². The Kier molecular flexibility index (Phi) is 7.86. The van der Waals surface area contributed by atoms with Crippen molar-refractivity contribution < 1.29 is 28.2 Å². The molecule has 1 amide bonds. The molecule has 1 aliphatic heterocycles. The molecule has 2 aromatic carbocycles. The monoisotopic (exact) mass is 442 g/mol. The average molecular weight is 443 g/mol. The highest BCUT2D eigenvalue weighted by atomic mass is 35.5. The van der Waals surface area contributed by atoms with Gasteiger partial charge in [-0.25, -0.2) is 13.6 Å². The van der Waals surface area contributed by atoms with Crippen LogP contribution >= 0.6 is 12.4 Å². The first-order valence-electron chi connectivity index (χ1n) is 9.33. The van der Waals surface area contributed by atoms with Crippen LogP contribution in [0.2, 0.25) is 0 Å². The Hall–Kier alpha value is -2.58. The van der Waals surface area contributed by atoms with E-state index < -0.39 is 24.3 Å². The Morgan fingerprint density at radius 3 is 2.47 bits per heavy atom. The van der Waals surface area contributed by atoms with E-state index in [2.05, 4.69) is 5.32 Å². The van der Waals surface area contributed by atoms with Crippen LogP contribution in [-0.2, 0) is 11.3 Å². The van der Waals surface area contributed by atoms with Crippen molar-refractivity contribution in [3.05, 3.63) is 47.5 Å². The fraction of sp³-hybridized carbons (Fsp3) is 0.381. The summed E-state index contributed by atoms with van der Waals surface area (Å²) in [5.41, 5.74) is 0.0821. The molecule has 0 radical (unpaired) electrons. The van der Waals surface area contributed by atoms with E-state index in [0.717, 1.165) is 6.07 Å². The summed E-state index contributed by atoms with van der Waals surface area (Å²) in [7, 11) is 1.40. The van der Waals surface area contributed by atoms with E-state index >= 15 is 4.39 Å². The summed E-state index contributed by atoms with van der Waals surface area (Å²) in [6.07, 6.45) is -0.613. The van der Waals surface area contributed by atoms with Crippen LogP contribution < -0.4 is 10.1 Å². The van der Waals surface area contributed by atoms with Crippen molar-refractivity contribution in [3.63, 3.8) is 0 Å². The molecule has 0 aliphatic carbocycles. The third-order valence-corrected chi connectivity index (χ3v) is 5.06. The number of nitrogens with zero attached hydrogens (tertiary/aromatic N) is 1. The molecule has 30 heavy (non-hydrogen) atoms. The minimum Gasteiger partial charge on any atom is -0.504 e. The van der Waals surface area contributed by atoms with Crippen molar-refractivity contribution in [3.8, 4) is 22.6 Å². The molecule has 2 atom stereocenters. The van der Waals surface area contributed by atoms with Crippen molar-refractivity contribution in [1.29, 1.82) is 0 Å². The first kappa shape index (κ1) is 23.7. The number of phenols is 1. The maximum absolute atomic E-state index is 15.0. The van der Waals surface area contributed by atoms with Crippen LogP contribution in [0.4, 0.5) is 13.6 Å². The highest BCUT2D eigenvalue weighted by Gasteiger charge is 2.30. The number of carbonyl (C=O) groups excluding carboxylic acids is 1. The summed E-state index contributed by atoms with van der Waals surface area (Å²) < 4.78 is 39.5. The van der Waals surface area contributed by atoms with Gasteiger partial charge in [0.1, 0.15) is 18.2 Å². The second kappa shape index (κ2) is 9.95. The van der Waals surface area contributed by atoms with Crippen molar-refractivity contribution in [1.82, 2.24) is 10.2 Å². The average Bonchev–Trinajstić information content (AvgIpc) is 2.67. The smallest absolute Gasteiger partial charge is 0.410 e. The van der Waals surface area contributed by atoms with Gasteiger partial charge >= 0.3 is 6.09 Å². The van der Waals surface area contributed by atoms with Crippen LogP contribution in [0.15, 0.2) is 30.3 Å². The van der Waals surface area contributed by atoms with E-state index in [0.29, 0.717) is 18.7 Å². The minimum absolute atomic E-state index is 0. The molecule has 1 saturated heterocycles. The standard InChI is InChI=1S/C21H24F2N2O4.ClH/c1-12-9-24-10-13(2)25(12)21(27)29-11-16-17(22)6-5-15(20(16)23)14-4-7-19(28-3)18(26)8-14;/h4-8,12-13,24,26H,9-11H2,1-3H3;1H. The van der Waals surface area contributed by atoms with Gasteiger partial charge in [0, 0.05) is 30.7 Å². The molecule has 0 spiro atoms. The highest BCUT2D eigenvalue weighted by Crippen LogP contribution is 2.34. The molecule has 2 N–H and O–H groups in total. The molecule has 164 valence electrons. The first-order valence-corrected chi connectivity index (χ1v) is 9.33. The maximum atomic E-state index is 15.0. The predicted octanol–water partition coefficient (Wildman–Crippen LogP) is 4.09. The van der Waals surface area contributed by atoms with Crippen LogP contribution in [0.3, 0.4) is 0 Å². The predicted molar refractivity (Wildman–Crippen MR) is 111 cm³/mol. The molecule has 0 bridgehead atoms. The van der Waals surface area contributed by atoms with E-state index in [-0.39, 0.29) is 47.1 Å². The second-order valence-corrected chi connectivity index (χ2v) is 7.09. The van der Waals surface area contributed by atoms with E-state index in [1.165, 1.54) is 25.3 Å². The van der Waals surface area contributed by atoms with E-state index in [9.17, 15) is 14.3 Å². The molecule has 9 heteroatoms. The van der Waals surface area contributed by atoms with E-state index in [1.807, 2.05) is 13.8 Å². The number of amides is 1. The molecule has 6 nitrogen and oxygen atoms in total. The first-order chi connectivity index (χ1) is 13.8. The Balaban J connectivity index is 0.00000320. The molecule has 2 aromatic rings. The number of methoxy groups -OCH3 is 1. The number of ether oxygens (including phenoxy) is 2. The number of piperazine rings is 1. The Bertz CT molecular complexity index is 903. The quantitative estimate of drug-likeness (QED) is 0.746. The number of aromatic hydroxyl groups is 1. The fourth-order valence-corrected chi connectivity index (χ4v) is 3.51. The van der Waals surface area contributed by atoms with Crippen LogP contribution in [-0.4, -0.2) is 48.4 Å². The summed E-state index contributed by atoms with van der Waals surface area (Å²) in [5, 5.41) is 13.1. The summed E-state index contributed by atoms with van der Waals surface area (Å²) >= 11 is 0. The number of hydrogen-bond donors (Lipinski definition) is 2. The van der Waals surface area contributed by atoms with E-state index in [4.69, 9.17) is 9.47 Å². The Labute approximate surface area is 180 Å². The number of hydrogen-bond acceptors (Lipinski definition) is 5. The van der Waals surface area contributed by atoms with Crippen LogP contribution in [0, 0.1) is 11.6 Å². The van der Waals surface area contributed by atoms with Gasteiger partial charge in [-0.3, -0.25) is 0 Å². The molecule has 2 unspecified atom stereocenters. The summed E-state index contributed by atoms with van der Waals surface area (Å²) in [6.45, 7) is 4.47. The summed E-state index contributed by atoms with van der Waals surface area (Å²) in [4.78, 5) is 14.0. The fourth-order valence-electron chi connectivity index (χ4n) is 3.51. The summed E-state index contributed by atoms with van der Waals surface area (Å²) in [6, 6.07) is 6.57. The third-order valence-electron chi connectivity index (χ3n) is 5.06. The maximum Gasteiger partial charge on any atom is 0.410 e. The lowest BCUT2D eigenvalue weighted by molar-refractivity contribution is 0.0552.